The summed E-state index contributed by atoms with van der Waals surface area (Å²) in [6.07, 6.45) is 10.6. The van der Waals surface area contributed by atoms with Crippen LogP contribution >= 0.6 is 0 Å². The Morgan fingerprint density at radius 2 is 2.05 bits per heavy atom. The van der Waals surface area contributed by atoms with Gasteiger partial charge >= 0.3 is 0 Å². The quantitative estimate of drug-likeness (QED) is 0.688. The van der Waals surface area contributed by atoms with Crippen LogP contribution < -0.4 is 5.32 Å². The molecule has 1 rings (SSSR count). The third kappa shape index (κ3) is 5.77. The average molecular weight is 265 g/mol. The predicted octanol–water partition coefficient (Wildman–Crippen LogP) is 4.16. The molecule has 0 saturated heterocycles. The Balaban J connectivity index is 2.48. The Bertz CT molecular complexity index is 332. The van der Waals surface area contributed by atoms with Crippen molar-refractivity contribution < 1.29 is 0 Å². The third-order valence-corrected chi connectivity index (χ3v) is 3.84. The zero-order valence-electron chi connectivity index (χ0n) is 13.2. The Kier molecular flexibility index (Phi) is 7.80. The van der Waals surface area contributed by atoms with Crippen LogP contribution in [-0.2, 0) is 6.54 Å². The van der Waals surface area contributed by atoms with Crippen molar-refractivity contribution in [1.29, 1.82) is 0 Å². The van der Waals surface area contributed by atoms with Gasteiger partial charge in [0.05, 0.1) is 6.20 Å². The summed E-state index contributed by atoms with van der Waals surface area (Å²) in [5.41, 5.74) is 1.30. The van der Waals surface area contributed by atoms with Crippen molar-refractivity contribution in [2.24, 2.45) is 5.92 Å². The number of hydrogen-bond donors (Lipinski definition) is 1. The van der Waals surface area contributed by atoms with Gasteiger partial charge in [-0.15, -0.1) is 0 Å². The molecular formula is C16H31N3. The SMILES string of the molecule is CCCCC(CC)Cn1cc(C(C)NCCC)cn1. The number of unbranched alkanes of at least 4 members (excludes halogenated alkanes) is 1. The maximum atomic E-state index is 4.52. The Morgan fingerprint density at radius 1 is 1.26 bits per heavy atom. The second kappa shape index (κ2) is 9.13. The van der Waals surface area contributed by atoms with Crippen LogP contribution in [0, 0.1) is 5.92 Å². The summed E-state index contributed by atoms with van der Waals surface area (Å²) in [5.74, 6) is 0.770. The molecular weight excluding hydrogens is 234 g/mol. The lowest BCUT2D eigenvalue weighted by atomic mass is 9.99. The first-order chi connectivity index (χ1) is 9.21. The van der Waals surface area contributed by atoms with E-state index in [0.29, 0.717) is 6.04 Å². The van der Waals surface area contributed by atoms with E-state index in [2.05, 4.69) is 49.0 Å². The molecule has 110 valence electrons. The molecule has 1 N–H and O–H groups in total. The Morgan fingerprint density at radius 3 is 2.68 bits per heavy atom. The first-order valence-corrected chi connectivity index (χ1v) is 7.96. The van der Waals surface area contributed by atoms with E-state index in [9.17, 15) is 0 Å². The molecule has 0 aromatic carbocycles. The number of hydrogen-bond acceptors (Lipinski definition) is 2. The molecule has 1 aromatic rings. The first-order valence-electron chi connectivity index (χ1n) is 7.96. The van der Waals surface area contributed by atoms with Gasteiger partial charge in [0.15, 0.2) is 0 Å². The van der Waals surface area contributed by atoms with E-state index in [1.54, 1.807) is 0 Å². The fourth-order valence-corrected chi connectivity index (χ4v) is 2.36. The number of rotatable bonds is 10. The normalized spacial score (nSPS) is 14.5. The van der Waals surface area contributed by atoms with Crippen LogP contribution in [0.1, 0.15) is 71.4 Å². The molecule has 1 aromatic heterocycles. The molecule has 0 bridgehead atoms. The first kappa shape index (κ1) is 16.2. The summed E-state index contributed by atoms with van der Waals surface area (Å²) in [5, 5.41) is 8.03. The van der Waals surface area contributed by atoms with Gasteiger partial charge in [-0.05, 0) is 32.2 Å². The molecule has 0 saturated carbocycles. The summed E-state index contributed by atoms with van der Waals surface area (Å²) in [4.78, 5) is 0. The highest BCUT2D eigenvalue weighted by Gasteiger charge is 2.10. The lowest BCUT2D eigenvalue weighted by Gasteiger charge is -2.14. The van der Waals surface area contributed by atoms with E-state index < -0.39 is 0 Å². The minimum absolute atomic E-state index is 0.407. The van der Waals surface area contributed by atoms with Gasteiger partial charge < -0.3 is 5.32 Å². The highest BCUT2D eigenvalue weighted by Crippen LogP contribution is 2.16. The van der Waals surface area contributed by atoms with Gasteiger partial charge in [0.1, 0.15) is 0 Å². The highest BCUT2D eigenvalue weighted by atomic mass is 15.3. The molecule has 19 heavy (non-hydrogen) atoms. The van der Waals surface area contributed by atoms with E-state index in [1.807, 2.05) is 6.20 Å². The molecule has 3 heteroatoms. The monoisotopic (exact) mass is 265 g/mol. The van der Waals surface area contributed by atoms with Crippen LogP contribution in [-0.4, -0.2) is 16.3 Å². The van der Waals surface area contributed by atoms with Crippen molar-refractivity contribution in [2.45, 2.75) is 72.4 Å². The summed E-state index contributed by atoms with van der Waals surface area (Å²) < 4.78 is 2.13. The van der Waals surface area contributed by atoms with Crippen LogP contribution in [0.4, 0.5) is 0 Å². The third-order valence-electron chi connectivity index (χ3n) is 3.84. The summed E-state index contributed by atoms with van der Waals surface area (Å²) in [6, 6.07) is 0.407. The van der Waals surface area contributed by atoms with Gasteiger partial charge in [-0.2, -0.15) is 5.10 Å². The maximum Gasteiger partial charge on any atom is 0.0537 e. The van der Waals surface area contributed by atoms with Gasteiger partial charge in [-0.1, -0.05) is 40.0 Å². The van der Waals surface area contributed by atoms with Crippen LogP contribution in [0.5, 0.6) is 0 Å². The van der Waals surface area contributed by atoms with Crippen LogP contribution in [0.3, 0.4) is 0 Å². The molecule has 0 aliphatic rings. The summed E-state index contributed by atoms with van der Waals surface area (Å²) in [7, 11) is 0. The van der Waals surface area contributed by atoms with E-state index >= 15 is 0 Å². The smallest absolute Gasteiger partial charge is 0.0537 e. The van der Waals surface area contributed by atoms with E-state index in [0.717, 1.165) is 19.0 Å². The molecule has 0 fully saturated rings. The molecule has 0 spiro atoms. The van der Waals surface area contributed by atoms with Gasteiger partial charge in [0, 0.05) is 24.3 Å². The van der Waals surface area contributed by atoms with Crippen molar-refractivity contribution in [2.75, 3.05) is 6.54 Å². The predicted molar refractivity (Wildman–Crippen MR) is 82.2 cm³/mol. The van der Waals surface area contributed by atoms with Crippen LogP contribution in [0.2, 0.25) is 0 Å². The minimum Gasteiger partial charge on any atom is -0.310 e. The van der Waals surface area contributed by atoms with E-state index in [-0.39, 0.29) is 0 Å². The Labute approximate surface area is 118 Å². The zero-order valence-corrected chi connectivity index (χ0v) is 13.2. The van der Waals surface area contributed by atoms with E-state index in [1.165, 1.54) is 37.7 Å². The molecule has 0 amide bonds. The van der Waals surface area contributed by atoms with Crippen LogP contribution in [0.15, 0.2) is 12.4 Å². The molecule has 3 nitrogen and oxygen atoms in total. The molecule has 0 radical (unpaired) electrons. The molecule has 2 atom stereocenters. The van der Waals surface area contributed by atoms with Gasteiger partial charge in [0.25, 0.3) is 0 Å². The fourth-order valence-electron chi connectivity index (χ4n) is 2.36. The lowest BCUT2D eigenvalue weighted by Crippen LogP contribution is -2.18. The number of nitrogens with one attached hydrogen (secondary N) is 1. The number of nitrogens with zero attached hydrogens (tertiary/aromatic N) is 2. The molecule has 0 aliphatic heterocycles. The fraction of sp³-hybridized carbons (Fsp3) is 0.812. The van der Waals surface area contributed by atoms with Crippen molar-refractivity contribution in [3.63, 3.8) is 0 Å². The van der Waals surface area contributed by atoms with Crippen molar-refractivity contribution in [1.82, 2.24) is 15.1 Å². The van der Waals surface area contributed by atoms with E-state index in [4.69, 9.17) is 0 Å². The molecule has 2 unspecified atom stereocenters. The van der Waals surface area contributed by atoms with Crippen molar-refractivity contribution in [3.05, 3.63) is 18.0 Å². The second-order valence-corrected chi connectivity index (χ2v) is 5.59. The second-order valence-electron chi connectivity index (χ2n) is 5.59. The maximum absolute atomic E-state index is 4.52. The Hall–Kier alpha value is -0.830. The summed E-state index contributed by atoms with van der Waals surface area (Å²) in [6.45, 7) is 11.1. The topological polar surface area (TPSA) is 29.9 Å². The van der Waals surface area contributed by atoms with Crippen molar-refractivity contribution >= 4 is 0 Å². The van der Waals surface area contributed by atoms with Gasteiger partial charge in [-0.3, -0.25) is 4.68 Å². The molecule has 0 aliphatic carbocycles. The van der Waals surface area contributed by atoms with Crippen molar-refractivity contribution in [3.8, 4) is 0 Å². The average Bonchev–Trinajstić information content (AvgIpc) is 2.89. The zero-order chi connectivity index (χ0) is 14.1. The number of aromatic nitrogens is 2. The lowest BCUT2D eigenvalue weighted by molar-refractivity contribution is 0.372. The minimum atomic E-state index is 0.407. The van der Waals surface area contributed by atoms with Gasteiger partial charge in [0.2, 0.25) is 0 Å². The van der Waals surface area contributed by atoms with Crippen LogP contribution in [0.25, 0.3) is 0 Å². The summed E-state index contributed by atoms with van der Waals surface area (Å²) >= 11 is 0. The van der Waals surface area contributed by atoms with Gasteiger partial charge in [-0.25, -0.2) is 0 Å². The molecule has 1 heterocycles. The highest BCUT2D eigenvalue weighted by molar-refractivity contribution is 5.09. The largest absolute Gasteiger partial charge is 0.310 e. The standard InChI is InChI=1S/C16H31N3/c1-5-8-9-15(7-3)12-19-13-16(11-18-19)14(4)17-10-6-2/h11,13-15,17H,5-10,12H2,1-4H3.